The van der Waals surface area contributed by atoms with Crippen molar-refractivity contribution in [1.29, 1.82) is 0 Å². The van der Waals surface area contributed by atoms with Crippen molar-refractivity contribution in [3.63, 3.8) is 0 Å². The first kappa shape index (κ1) is 15.2. The molecule has 1 fully saturated rings. The topological polar surface area (TPSA) is 102 Å². The summed E-state index contributed by atoms with van der Waals surface area (Å²) in [7, 11) is 0. The van der Waals surface area contributed by atoms with E-state index in [0.29, 0.717) is 0 Å². The number of nitrogens with zero attached hydrogens (tertiary/aromatic N) is 3. The van der Waals surface area contributed by atoms with Gasteiger partial charge in [0, 0.05) is 6.42 Å². The molecule has 0 bridgehead atoms. The molecule has 2 heterocycles. The van der Waals surface area contributed by atoms with Gasteiger partial charge in [-0.15, -0.1) is 10.2 Å². The summed E-state index contributed by atoms with van der Waals surface area (Å²) in [4.78, 5) is 23.9. The van der Waals surface area contributed by atoms with Crippen molar-refractivity contribution >= 4 is 11.8 Å². The molecule has 1 aliphatic rings. The first-order chi connectivity index (χ1) is 9.68. The molecule has 0 saturated carbocycles. The molecule has 11 heteroatoms. The van der Waals surface area contributed by atoms with Crippen LogP contribution in [-0.4, -0.2) is 45.7 Å². The van der Waals surface area contributed by atoms with Crippen LogP contribution in [0.3, 0.4) is 0 Å². The maximum absolute atomic E-state index is 13.2. The van der Waals surface area contributed by atoms with Gasteiger partial charge in [0.1, 0.15) is 18.6 Å². The normalized spacial score (nSPS) is 22.6. The van der Waals surface area contributed by atoms with E-state index in [1.807, 2.05) is 0 Å². The highest BCUT2D eigenvalue weighted by molar-refractivity contribution is 5.87. The van der Waals surface area contributed by atoms with E-state index in [1.165, 1.54) is 0 Å². The average molecular weight is 310 g/mol. The Labute approximate surface area is 115 Å². The molecule has 7 nitrogen and oxygen atoms in total. The number of carbonyl (C=O) groups excluding carboxylic acids is 2. The molecule has 2 N–H and O–H groups in total. The largest absolute Gasteiger partial charge is 0.470 e. The zero-order valence-electron chi connectivity index (χ0n) is 10.4. The first-order valence-electron chi connectivity index (χ1n) is 5.81. The van der Waals surface area contributed by atoms with Crippen LogP contribution in [0.1, 0.15) is 18.2 Å². The fourth-order valence-corrected chi connectivity index (χ4v) is 2.00. The maximum Gasteiger partial charge on any atom is 0.470 e. The smallest absolute Gasteiger partial charge is 0.417 e. The molecule has 116 valence electrons. The highest BCUT2D eigenvalue weighted by Gasteiger charge is 2.40. The molecule has 0 aliphatic carbocycles. The summed E-state index contributed by atoms with van der Waals surface area (Å²) in [6, 6.07) is -1.13. The lowest BCUT2D eigenvalue weighted by molar-refractivity contribution is -0.157. The van der Waals surface area contributed by atoms with Crippen molar-refractivity contribution in [3.8, 4) is 0 Å². The summed E-state index contributed by atoms with van der Waals surface area (Å²) in [5.41, 5.74) is 5.04. The van der Waals surface area contributed by atoms with Gasteiger partial charge in [-0.1, -0.05) is 0 Å². The van der Waals surface area contributed by atoms with Crippen LogP contribution in [0.15, 0.2) is 4.42 Å². The van der Waals surface area contributed by atoms with E-state index in [-0.39, 0.29) is 13.0 Å². The minimum absolute atomic E-state index is 0.237. The van der Waals surface area contributed by atoms with Crippen LogP contribution in [0.4, 0.5) is 17.6 Å². The van der Waals surface area contributed by atoms with Gasteiger partial charge in [0.05, 0.1) is 6.54 Å². The molecule has 21 heavy (non-hydrogen) atoms. The lowest BCUT2D eigenvalue weighted by Crippen LogP contribution is -2.44. The molecule has 1 aromatic rings. The Morgan fingerprint density at radius 3 is 2.57 bits per heavy atom. The van der Waals surface area contributed by atoms with Crippen LogP contribution in [0.2, 0.25) is 0 Å². The summed E-state index contributed by atoms with van der Waals surface area (Å²) in [5, 5.41) is 5.85. The minimum atomic E-state index is -4.82. The predicted octanol–water partition coefficient (Wildman–Crippen LogP) is 0.0552. The van der Waals surface area contributed by atoms with Gasteiger partial charge in [-0.3, -0.25) is 9.59 Å². The van der Waals surface area contributed by atoms with Gasteiger partial charge in [-0.25, -0.2) is 4.39 Å². The zero-order chi connectivity index (χ0) is 15.8. The Hall–Kier alpha value is -2.20. The minimum Gasteiger partial charge on any atom is -0.417 e. The number of amides is 2. The SMILES string of the molecule is NC(=O)C1CC(F)CN1C(=O)Cc1nnc(C(F)(F)F)o1. The van der Waals surface area contributed by atoms with Crippen molar-refractivity contribution in [3.05, 3.63) is 11.8 Å². The quantitative estimate of drug-likeness (QED) is 0.795. The molecule has 0 aromatic carbocycles. The van der Waals surface area contributed by atoms with E-state index in [0.717, 1.165) is 4.90 Å². The van der Waals surface area contributed by atoms with Gasteiger partial charge < -0.3 is 15.1 Å². The summed E-state index contributed by atoms with van der Waals surface area (Å²) < 4.78 is 54.3. The second-order valence-corrected chi connectivity index (χ2v) is 4.47. The predicted molar refractivity (Wildman–Crippen MR) is 57.2 cm³/mol. The molecular formula is C10H10F4N4O3. The van der Waals surface area contributed by atoms with Crippen LogP contribution in [-0.2, 0) is 22.2 Å². The molecule has 1 aromatic heterocycles. The van der Waals surface area contributed by atoms with Gasteiger partial charge >= 0.3 is 12.1 Å². The van der Waals surface area contributed by atoms with E-state index < -0.39 is 48.4 Å². The number of halogens is 4. The van der Waals surface area contributed by atoms with Crippen molar-refractivity contribution < 1.29 is 31.6 Å². The number of hydrogen-bond acceptors (Lipinski definition) is 5. The van der Waals surface area contributed by atoms with Crippen molar-refractivity contribution in [2.24, 2.45) is 5.73 Å². The second-order valence-electron chi connectivity index (χ2n) is 4.47. The zero-order valence-corrected chi connectivity index (χ0v) is 10.4. The Bertz CT molecular complexity index is 559. The number of alkyl halides is 4. The monoisotopic (exact) mass is 310 g/mol. The maximum atomic E-state index is 13.2. The number of hydrogen-bond donors (Lipinski definition) is 1. The second kappa shape index (κ2) is 5.30. The Morgan fingerprint density at radius 2 is 2.05 bits per heavy atom. The highest BCUT2D eigenvalue weighted by Crippen LogP contribution is 2.28. The summed E-state index contributed by atoms with van der Waals surface area (Å²) in [5.74, 6) is -3.85. The van der Waals surface area contributed by atoms with Gasteiger partial charge in [0.25, 0.3) is 0 Å². The van der Waals surface area contributed by atoms with Crippen LogP contribution in [0.25, 0.3) is 0 Å². The van der Waals surface area contributed by atoms with E-state index in [4.69, 9.17) is 5.73 Å². The van der Waals surface area contributed by atoms with Crippen LogP contribution < -0.4 is 5.73 Å². The molecule has 0 radical (unpaired) electrons. The Balaban J connectivity index is 2.07. The number of rotatable bonds is 3. The molecule has 2 atom stereocenters. The first-order valence-corrected chi connectivity index (χ1v) is 5.81. The molecular weight excluding hydrogens is 300 g/mol. The van der Waals surface area contributed by atoms with Gasteiger partial charge in [-0.05, 0) is 0 Å². The van der Waals surface area contributed by atoms with Crippen LogP contribution >= 0.6 is 0 Å². The molecule has 1 aliphatic heterocycles. The van der Waals surface area contributed by atoms with E-state index >= 15 is 0 Å². The number of nitrogens with two attached hydrogens (primary N) is 1. The molecule has 2 amide bonds. The number of likely N-dealkylation sites (tertiary alicyclic amines) is 1. The van der Waals surface area contributed by atoms with Gasteiger partial charge in [0.2, 0.25) is 17.7 Å². The highest BCUT2D eigenvalue weighted by atomic mass is 19.4. The molecule has 0 spiro atoms. The third-order valence-corrected chi connectivity index (χ3v) is 2.91. The third kappa shape index (κ3) is 3.28. The third-order valence-electron chi connectivity index (χ3n) is 2.91. The van der Waals surface area contributed by atoms with E-state index in [9.17, 15) is 27.2 Å². The molecule has 2 unspecified atom stereocenters. The average Bonchev–Trinajstić information content (AvgIpc) is 2.94. The number of carbonyl (C=O) groups is 2. The van der Waals surface area contributed by atoms with Gasteiger partial charge in [0.15, 0.2) is 0 Å². The van der Waals surface area contributed by atoms with Gasteiger partial charge in [-0.2, -0.15) is 13.2 Å². The standard InChI is InChI=1S/C10H10F4N4O3/c11-4-1-5(8(15)20)18(3-4)7(19)2-6-16-17-9(21-6)10(12,13)14/h4-5H,1-3H2,(H2,15,20). The van der Waals surface area contributed by atoms with E-state index in [1.54, 1.807) is 0 Å². The summed E-state index contributed by atoms with van der Waals surface area (Å²) in [6.45, 7) is -0.354. The fourth-order valence-electron chi connectivity index (χ4n) is 2.00. The summed E-state index contributed by atoms with van der Waals surface area (Å²) >= 11 is 0. The summed E-state index contributed by atoms with van der Waals surface area (Å²) in [6.07, 6.45) is -7.14. The molecule has 1 saturated heterocycles. The van der Waals surface area contributed by atoms with Crippen molar-refractivity contribution in [2.45, 2.75) is 31.2 Å². The Morgan fingerprint density at radius 1 is 1.38 bits per heavy atom. The van der Waals surface area contributed by atoms with Crippen LogP contribution in [0, 0.1) is 0 Å². The van der Waals surface area contributed by atoms with Crippen LogP contribution in [0.5, 0.6) is 0 Å². The van der Waals surface area contributed by atoms with Crippen molar-refractivity contribution in [1.82, 2.24) is 15.1 Å². The van der Waals surface area contributed by atoms with E-state index in [2.05, 4.69) is 14.6 Å². The fraction of sp³-hybridized carbons (Fsp3) is 0.600. The lowest BCUT2D eigenvalue weighted by Gasteiger charge is -2.20. The number of primary amides is 1. The number of aromatic nitrogens is 2. The Kier molecular flexibility index (Phi) is 3.83. The van der Waals surface area contributed by atoms with Crippen molar-refractivity contribution in [2.75, 3.05) is 6.54 Å². The molecule has 2 rings (SSSR count). The lowest BCUT2D eigenvalue weighted by atomic mass is 10.2.